The van der Waals surface area contributed by atoms with E-state index in [2.05, 4.69) is 20.3 Å². The predicted octanol–water partition coefficient (Wildman–Crippen LogP) is 2.41. The molecule has 1 aromatic rings. The molecule has 1 aromatic heterocycles. The second kappa shape index (κ2) is 7.11. The number of hydrogen-bond donors (Lipinski definition) is 1. The van der Waals surface area contributed by atoms with Crippen molar-refractivity contribution in [3.8, 4) is 12.0 Å². The molecule has 0 atom stereocenters. The van der Waals surface area contributed by atoms with Gasteiger partial charge in [-0.15, -0.1) is 4.98 Å². The first-order valence-electron chi connectivity index (χ1n) is 7.02. The molecule has 0 unspecified atom stereocenters. The van der Waals surface area contributed by atoms with Gasteiger partial charge in [-0.05, 0) is 32.6 Å². The van der Waals surface area contributed by atoms with E-state index in [1.165, 1.54) is 25.7 Å². The van der Waals surface area contributed by atoms with Crippen molar-refractivity contribution in [3.63, 3.8) is 0 Å². The Kier molecular flexibility index (Phi) is 5.18. The van der Waals surface area contributed by atoms with Gasteiger partial charge in [-0.3, -0.25) is 0 Å². The summed E-state index contributed by atoms with van der Waals surface area (Å²) in [6.45, 7) is 2.73. The molecule has 0 saturated heterocycles. The predicted molar refractivity (Wildman–Crippen MR) is 72.7 cm³/mol. The largest absolute Gasteiger partial charge is 0.467 e. The molecule has 1 aliphatic rings. The van der Waals surface area contributed by atoms with Crippen molar-refractivity contribution >= 4 is 5.95 Å². The molecule has 0 radical (unpaired) electrons. The minimum absolute atomic E-state index is 0.212. The minimum Gasteiger partial charge on any atom is -0.467 e. The molecule has 1 aliphatic carbocycles. The summed E-state index contributed by atoms with van der Waals surface area (Å²) in [6.07, 6.45) is 7.38. The first-order valence-corrected chi connectivity index (χ1v) is 7.02. The molecule has 0 amide bonds. The molecule has 6 nitrogen and oxygen atoms in total. The molecular weight excluding hydrogens is 244 g/mol. The summed E-state index contributed by atoms with van der Waals surface area (Å²) in [7, 11) is 1.54. The van der Waals surface area contributed by atoms with Gasteiger partial charge in [-0.1, -0.05) is 12.8 Å². The Bertz CT molecular complexity index is 392. The highest BCUT2D eigenvalue weighted by atomic mass is 16.5. The van der Waals surface area contributed by atoms with Crippen molar-refractivity contribution in [1.29, 1.82) is 0 Å². The summed E-state index contributed by atoms with van der Waals surface area (Å²) in [5, 5.41) is 3.05. The highest BCUT2D eigenvalue weighted by Crippen LogP contribution is 2.22. The van der Waals surface area contributed by atoms with Crippen LogP contribution in [0, 0.1) is 0 Å². The van der Waals surface area contributed by atoms with Gasteiger partial charge in [0.1, 0.15) is 6.10 Å². The van der Waals surface area contributed by atoms with Gasteiger partial charge in [0.25, 0.3) is 0 Å². The molecule has 106 valence electrons. The van der Waals surface area contributed by atoms with Crippen molar-refractivity contribution in [2.45, 2.75) is 51.6 Å². The molecule has 2 rings (SSSR count). The van der Waals surface area contributed by atoms with Crippen LogP contribution in [-0.2, 0) is 0 Å². The van der Waals surface area contributed by atoms with Crippen LogP contribution < -0.4 is 14.8 Å². The molecule has 0 bridgehead atoms. The Morgan fingerprint density at radius 1 is 1.05 bits per heavy atom. The smallest absolute Gasteiger partial charge is 0.324 e. The van der Waals surface area contributed by atoms with Crippen LogP contribution in [0.5, 0.6) is 12.0 Å². The third-order valence-electron chi connectivity index (χ3n) is 3.19. The van der Waals surface area contributed by atoms with Crippen LogP contribution >= 0.6 is 0 Å². The maximum absolute atomic E-state index is 5.88. The molecule has 1 heterocycles. The lowest BCUT2D eigenvalue weighted by atomic mass is 10.2. The zero-order valence-corrected chi connectivity index (χ0v) is 11.7. The van der Waals surface area contributed by atoms with E-state index in [9.17, 15) is 0 Å². The van der Waals surface area contributed by atoms with Gasteiger partial charge in [-0.2, -0.15) is 9.97 Å². The number of aromatic nitrogens is 3. The molecule has 0 aromatic carbocycles. The average Bonchev–Trinajstić information content (AvgIpc) is 2.67. The normalized spacial score (nSPS) is 16.7. The van der Waals surface area contributed by atoms with Gasteiger partial charge in [-0.25, -0.2) is 0 Å². The Morgan fingerprint density at radius 2 is 1.74 bits per heavy atom. The van der Waals surface area contributed by atoms with Gasteiger partial charge in [0.05, 0.1) is 7.11 Å². The molecular formula is C13H22N4O2. The van der Waals surface area contributed by atoms with Crippen molar-refractivity contribution < 1.29 is 9.47 Å². The van der Waals surface area contributed by atoms with Crippen LogP contribution in [0.25, 0.3) is 0 Å². The number of anilines is 1. The summed E-state index contributed by atoms with van der Waals surface area (Å²) < 4.78 is 11.0. The van der Waals surface area contributed by atoms with Crippen LogP contribution in [0.1, 0.15) is 45.4 Å². The molecule has 0 aliphatic heterocycles. The molecule has 0 spiro atoms. The fourth-order valence-electron chi connectivity index (χ4n) is 2.23. The molecule has 19 heavy (non-hydrogen) atoms. The summed E-state index contributed by atoms with van der Waals surface area (Å²) >= 11 is 0. The monoisotopic (exact) mass is 266 g/mol. The van der Waals surface area contributed by atoms with Gasteiger partial charge >= 0.3 is 12.0 Å². The van der Waals surface area contributed by atoms with Crippen LogP contribution in [0.15, 0.2) is 0 Å². The van der Waals surface area contributed by atoms with Gasteiger partial charge in [0.15, 0.2) is 0 Å². The minimum atomic E-state index is 0.212. The highest BCUT2D eigenvalue weighted by molar-refractivity contribution is 5.27. The van der Waals surface area contributed by atoms with Crippen LogP contribution in [0.3, 0.4) is 0 Å². The maximum Gasteiger partial charge on any atom is 0.324 e. The fraction of sp³-hybridized carbons (Fsp3) is 0.769. The van der Waals surface area contributed by atoms with Crippen molar-refractivity contribution in [2.24, 2.45) is 0 Å². The lowest BCUT2D eigenvalue weighted by Crippen LogP contribution is -2.18. The van der Waals surface area contributed by atoms with E-state index in [-0.39, 0.29) is 12.1 Å². The van der Waals surface area contributed by atoms with E-state index in [1.807, 2.05) is 6.92 Å². The first kappa shape index (κ1) is 13.8. The van der Waals surface area contributed by atoms with Crippen LogP contribution in [-0.4, -0.2) is 34.7 Å². The average molecular weight is 266 g/mol. The third-order valence-corrected chi connectivity index (χ3v) is 3.19. The lowest BCUT2D eigenvalue weighted by Gasteiger charge is -2.15. The lowest BCUT2D eigenvalue weighted by molar-refractivity contribution is 0.165. The Hall–Kier alpha value is -1.59. The summed E-state index contributed by atoms with van der Waals surface area (Å²) in [5.41, 5.74) is 0. The molecule has 6 heteroatoms. The summed E-state index contributed by atoms with van der Waals surface area (Å²) in [4.78, 5) is 12.5. The van der Waals surface area contributed by atoms with Gasteiger partial charge < -0.3 is 14.8 Å². The first-order chi connectivity index (χ1) is 9.31. The number of ether oxygens (including phenoxy) is 2. The number of hydrogen-bond acceptors (Lipinski definition) is 6. The van der Waals surface area contributed by atoms with Crippen LogP contribution in [0.2, 0.25) is 0 Å². The zero-order valence-electron chi connectivity index (χ0n) is 11.7. The van der Waals surface area contributed by atoms with Crippen molar-refractivity contribution in [3.05, 3.63) is 0 Å². The number of nitrogens with one attached hydrogen (secondary N) is 1. The summed E-state index contributed by atoms with van der Waals surface area (Å²) in [6, 6.07) is 0.643. The van der Waals surface area contributed by atoms with E-state index in [1.54, 1.807) is 7.11 Å². The standard InChI is InChI=1S/C13H22N4O2/c1-3-14-11-15-12(18-2)17-13(16-11)19-10-8-6-4-5-7-9-10/h10H,3-9H2,1-2H3,(H,14,15,16,17). The van der Waals surface area contributed by atoms with Crippen molar-refractivity contribution in [1.82, 2.24) is 15.0 Å². The van der Waals surface area contributed by atoms with E-state index in [0.29, 0.717) is 12.0 Å². The molecule has 1 fully saturated rings. The van der Waals surface area contributed by atoms with Gasteiger partial charge in [0.2, 0.25) is 5.95 Å². The highest BCUT2D eigenvalue weighted by Gasteiger charge is 2.16. The quantitative estimate of drug-likeness (QED) is 0.825. The second-order valence-corrected chi connectivity index (χ2v) is 4.69. The Balaban J connectivity index is 2.06. The Labute approximate surface area is 114 Å². The van der Waals surface area contributed by atoms with Crippen LogP contribution in [0.4, 0.5) is 5.95 Å². The topological polar surface area (TPSA) is 69.2 Å². The van der Waals surface area contributed by atoms with E-state index < -0.39 is 0 Å². The van der Waals surface area contributed by atoms with E-state index >= 15 is 0 Å². The van der Waals surface area contributed by atoms with Gasteiger partial charge in [0, 0.05) is 6.54 Å². The third kappa shape index (κ3) is 4.22. The summed E-state index contributed by atoms with van der Waals surface area (Å²) in [5.74, 6) is 0.498. The Morgan fingerprint density at radius 3 is 2.37 bits per heavy atom. The number of nitrogens with zero attached hydrogens (tertiary/aromatic N) is 3. The molecule has 1 saturated carbocycles. The zero-order chi connectivity index (χ0) is 13.5. The van der Waals surface area contributed by atoms with Crippen molar-refractivity contribution in [2.75, 3.05) is 19.0 Å². The fourth-order valence-corrected chi connectivity index (χ4v) is 2.23. The van der Waals surface area contributed by atoms with E-state index in [0.717, 1.165) is 19.4 Å². The molecule has 1 N–H and O–H groups in total. The number of rotatable bonds is 5. The maximum atomic E-state index is 5.88. The SMILES string of the molecule is CCNc1nc(OC)nc(OC2CCCCCC2)n1. The number of methoxy groups -OCH3 is 1. The second-order valence-electron chi connectivity index (χ2n) is 4.69. The van der Waals surface area contributed by atoms with E-state index in [4.69, 9.17) is 9.47 Å².